The first-order valence-electron chi connectivity index (χ1n) is 12.7. The molecule has 6 heteroatoms. The molecule has 39 heavy (non-hydrogen) atoms. The molecule has 0 spiro atoms. The normalized spacial score (nSPS) is 11.5. The highest BCUT2D eigenvalue weighted by atomic mass is 16.2. The second kappa shape index (κ2) is 8.68. The van der Waals surface area contributed by atoms with Crippen LogP contribution >= 0.6 is 0 Å². The van der Waals surface area contributed by atoms with Crippen molar-refractivity contribution < 1.29 is 9.59 Å². The summed E-state index contributed by atoms with van der Waals surface area (Å²) >= 11 is 0. The van der Waals surface area contributed by atoms with Crippen molar-refractivity contribution >= 4 is 55.4 Å². The molecule has 0 fully saturated rings. The van der Waals surface area contributed by atoms with Crippen LogP contribution in [0.25, 0.3) is 55.0 Å². The predicted octanol–water partition coefficient (Wildman–Crippen LogP) is 6.74. The van der Waals surface area contributed by atoms with Crippen molar-refractivity contribution in [3.63, 3.8) is 0 Å². The summed E-state index contributed by atoms with van der Waals surface area (Å²) < 4.78 is 4.32. The average molecular weight is 509 g/mol. The maximum atomic E-state index is 13.4. The number of hydrogen-bond acceptors (Lipinski definition) is 3. The highest BCUT2D eigenvalue weighted by Gasteiger charge is 2.21. The number of nitrogens with two attached hydrogens (primary N) is 1. The molecule has 0 bridgehead atoms. The summed E-state index contributed by atoms with van der Waals surface area (Å²) in [6.07, 6.45) is 0. The van der Waals surface area contributed by atoms with Gasteiger partial charge in [0.15, 0.2) is 0 Å². The minimum absolute atomic E-state index is 0.323. The van der Waals surface area contributed by atoms with E-state index in [0.29, 0.717) is 10.6 Å². The third-order valence-corrected chi connectivity index (χ3v) is 7.38. The molecule has 7 aromatic rings. The van der Waals surface area contributed by atoms with Crippen molar-refractivity contribution in [3.05, 3.63) is 121 Å². The molecular formula is C33H24N4O2. The number of imide groups is 1. The van der Waals surface area contributed by atoms with Gasteiger partial charge in [0.2, 0.25) is 5.91 Å². The van der Waals surface area contributed by atoms with Gasteiger partial charge < -0.3 is 9.13 Å². The highest BCUT2D eigenvalue weighted by molar-refractivity contribution is 6.11. The number of fused-ring (bicyclic) bond motifs is 6. The van der Waals surface area contributed by atoms with Gasteiger partial charge in [-0.15, -0.1) is 0 Å². The smallest absolute Gasteiger partial charge is 0.274 e. The molecule has 2 heterocycles. The Balaban J connectivity index is 1.60. The van der Waals surface area contributed by atoms with Gasteiger partial charge in [-0.1, -0.05) is 72.8 Å². The van der Waals surface area contributed by atoms with Crippen molar-refractivity contribution in [1.82, 2.24) is 14.1 Å². The van der Waals surface area contributed by atoms with E-state index in [1.807, 2.05) is 48.5 Å². The lowest BCUT2D eigenvalue weighted by molar-refractivity contribution is -0.126. The third kappa shape index (κ3) is 3.46. The monoisotopic (exact) mass is 508 g/mol. The number of carbonyl (C=O) groups is 2. The molecule has 0 saturated carbocycles. The second-order valence-electron chi connectivity index (χ2n) is 9.67. The van der Waals surface area contributed by atoms with E-state index < -0.39 is 11.8 Å². The summed E-state index contributed by atoms with van der Waals surface area (Å²) in [6, 6.07) is 38.6. The molecule has 2 amide bonds. The number of benzene rings is 5. The lowest BCUT2D eigenvalue weighted by atomic mass is 10.1. The second-order valence-corrected chi connectivity index (χ2v) is 9.67. The first-order chi connectivity index (χ1) is 19.0. The number of aromatic nitrogens is 2. The van der Waals surface area contributed by atoms with Gasteiger partial charge in [0, 0.05) is 45.4 Å². The Kier molecular flexibility index (Phi) is 5.11. The van der Waals surface area contributed by atoms with E-state index >= 15 is 0 Å². The molecule has 0 aliphatic carbocycles. The Morgan fingerprint density at radius 1 is 0.564 bits per heavy atom. The number of rotatable bonds is 3. The zero-order chi connectivity index (χ0) is 26.7. The maximum Gasteiger partial charge on any atom is 0.274 e. The van der Waals surface area contributed by atoms with Gasteiger partial charge in [0.1, 0.15) is 0 Å². The topological polar surface area (TPSA) is 73.3 Å². The Labute approximate surface area is 224 Å². The molecule has 0 unspecified atom stereocenters. The Morgan fingerprint density at radius 3 is 1.23 bits per heavy atom. The van der Waals surface area contributed by atoms with Gasteiger partial charge in [0.25, 0.3) is 5.91 Å². The van der Waals surface area contributed by atoms with Crippen molar-refractivity contribution in [2.24, 2.45) is 5.84 Å². The molecule has 0 aliphatic rings. The van der Waals surface area contributed by atoms with Crippen LogP contribution in [0.4, 0.5) is 0 Å². The molecule has 5 aromatic carbocycles. The number of para-hydroxylation sites is 4. The van der Waals surface area contributed by atoms with Gasteiger partial charge in [-0.25, -0.2) is 10.9 Å². The molecule has 2 aromatic heterocycles. The predicted molar refractivity (Wildman–Crippen MR) is 156 cm³/mol. The van der Waals surface area contributed by atoms with Gasteiger partial charge >= 0.3 is 0 Å². The van der Waals surface area contributed by atoms with Crippen molar-refractivity contribution in [3.8, 4) is 11.4 Å². The SMILES string of the molecule is CC(=O)N(N)C(=O)c1cc(-n2c3ccccc3c3ccccc32)cc(-n2c3ccccc3c3ccccc32)c1. The first kappa shape index (κ1) is 23.0. The Bertz CT molecular complexity index is 1860. The quantitative estimate of drug-likeness (QED) is 0.163. The van der Waals surface area contributed by atoms with Crippen LogP contribution < -0.4 is 5.84 Å². The zero-order valence-corrected chi connectivity index (χ0v) is 21.2. The van der Waals surface area contributed by atoms with Crippen LogP contribution in [0.2, 0.25) is 0 Å². The molecule has 0 aliphatic heterocycles. The van der Waals surface area contributed by atoms with Crippen LogP contribution in [0.1, 0.15) is 17.3 Å². The molecule has 7 rings (SSSR count). The standard InChI is InChI=1S/C33H24N4O2/c1-21(38)37(34)33(39)22-18-23(35-29-14-6-2-10-25(29)26-11-3-7-15-30(26)35)20-24(19-22)36-31-16-8-4-12-27(31)28-13-5-9-17-32(28)36/h2-20H,34H2,1H3. The lowest BCUT2D eigenvalue weighted by Gasteiger charge is -2.17. The Hall–Kier alpha value is -5.20. The van der Waals surface area contributed by atoms with Crippen LogP contribution in [0.15, 0.2) is 115 Å². The first-order valence-corrected chi connectivity index (χ1v) is 12.7. The maximum absolute atomic E-state index is 13.4. The van der Waals surface area contributed by atoms with E-state index in [1.54, 1.807) is 12.1 Å². The van der Waals surface area contributed by atoms with Crippen LogP contribution in [0, 0.1) is 0 Å². The van der Waals surface area contributed by atoms with E-state index in [1.165, 1.54) is 6.92 Å². The largest absolute Gasteiger partial charge is 0.309 e. The average Bonchev–Trinajstić information content (AvgIpc) is 3.49. The summed E-state index contributed by atoms with van der Waals surface area (Å²) in [4.78, 5) is 25.5. The van der Waals surface area contributed by atoms with E-state index in [9.17, 15) is 9.59 Å². The molecule has 0 atom stereocenters. The summed E-state index contributed by atoms with van der Waals surface area (Å²) in [5, 5.41) is 5.14. The van der Waals surface area contributed by atoms with E-state index in [-0.39, 0.29) is 0 Å². The van der Waals surface area contributed by atoms with Crippen molar-refractivity contribution in [2.75, 3.05) is 0 Å². The third-order valence-electron chi connectivity index (χ3n) is 7.38. The summed E-state index contributed by atoms with van der Waals surface area (Å²) in [5.74, 6) is 4.82. The molecule has 0 radical (unpaired) electrons. The number of hydrazine groups is 1. The van der Waals surface area contributed by atoms with Crippen LogP contribution in [-0.2, 0) is 4.79 Å². The van der Waals surface area contributed by atoms with Gasteiger partial charge in [-0.05, 0) is 42.5 Å². The van der Waals surface area contributed by atoms with E-state index in [2.05, 4.69) is 63.7 Å². The van der Waals surface area contributed by atoms with Crippen LogP contribution in [-0.4, -0.2) is 26.0 Å². The minimum Gasteiger partial charge on any atom is -0.309 e. The summed E-state index contributed by atoms with van der Waals surface area (Å²) in [6.45, 7) is 1.28. The minimum atomic E-state index is -0.563. The fraction of sp³-hybridized carbons (Fsp3) is 0.0303. The van der Waals surface area contributed by atoms with Gasteiger partial charge in [0.05, 0.1) is 22.1 Å². The number of hydrogen-bond donors (Lipinski definition) is 1. The summed E-state index contributed by atoms with van der Waals surface area (Å²) in [5.41, 5.74) is 6.00. The van der Waals surface area contributed by atoms with Crippen molar-refractivity contribution in [1.29, 1.82) is 0 Å². The summed E-state index contributed by atoms with van der Waals surface area (Å²) in [7, 11) is 0. The van der Waals surface area contributed by atoms with Gasteiger partial charge in [-0.3, -0.25) is 9.59 Å². The number of carbonyl (C=O) groups excluding carboxylic acids is 2. The zero-order valence-electron chi connectivity index (χ0n) is 21.2. The highest BCUT2D eigenvalue weighted by Crippen LogP contribution is 2.36. The van der Waals surface area contributed by atoms with Crippen molar-refractivity contribution in [2.45, 2.75) is 6.92 Å². The molecule has 0 saturated heterocycles. The number of nitrogens with zero attached hydrogens (tertiary/aromatic N) is 3. The molecule has 188 valence electrons. The Morgan fingerprint density at radius 2 is 0.897 bits per heavy atom. The molecule has 6 nitrogen and oxygen atoms in total. The molecular weight excluding hydrogens is 484 g/mol. The van der Waals surface area contributed by atoms with Crippen LogP contribution in [0.3, 0.4) is 0 Å². The fourth-order valence-corrected chi connectivity index (χ4v) is 5.66. The van der Waals surface area contributed by atoms with Crippen LogP contribution in [0.5, 0.6) is 0 Å². The van der Waals surface area contributed by atoms with Gasteiger partial charge in [-0.2, -0.15) is 0 Å². The molecule has 2 N–H and O–H groups in total. The fourth-order valence-electron chi connectivity index (χ4n) is 5.66. The van der Waals surface area contributed by atoms with E-state index in [4.69, 9.17) is 5.84 Å². The van der Waals surface area contributed by atoms with E-state index in [0.717, 1.165) is 55.0 Å². The lowest BCUT2D eigenvalue weighted by Crippen LogP contribution is -2.41. The number of amides is 2.